The first-order valence-corrected chi connectivity index (χ1v) is 14.5. The predicted octanol–water partition coefficient (Wildman–Crippen LogP) is 5.58. The summed E-state index contributed by atoms with van der Waals surface area (Å²) in [7, 11) is 1.69. The fraction of sp³-hybridized carbons (Fsp3) is 0.562. The van der Waals surface area contributed by atoms with E-state index in [1.54, 1.807) is 7.11 Å². The summed E-state index contributed by atoms with van der Waals surface area (Å²) in [6.07, 6.45) is 2.16. The van der Waals surface area contributed by atoms with Crippen LogP contribution >= 0.6 is 0 Å². The third kappa shape index (κ3) is 9.44. The van der Waals surface area contributed by atoms with Gasteiger partial charge in [-0.25, -0.2) is 0 Å². The van der Waals surface area contributed by atoms with Gasteiger partial charge in [-0.3, -0.25) is 9.59 Å². The number of carbonyl (C=O) groups is 2. The molecule has 0 aromatic heterocycles. The standard InChI is InChI=1S/C32H48N4O4/c1-7-40-20-10-15-33-31(38)26-22-25(34-30(37)21-24(2)23-32(3,4)5)13-14-27(26)35-16-18-36(19-17-35)28-11-8-9-12-29(28)39-6/h8-9,11-14,22,24H,7,10,15-21,23H2,1-6H3,(H,33,38)(H,34,37). The first-order valence-electron chi connectivity index (χ1n) is 14.5. The van der Waals surface area contributed by atoms with Crippen LogP contribution in [0, 0.1) is 11.3 Å². The van der Waals surface area contributed by atoms with Gasteiger partial charge >= 0.3 is 0 Å². The molecule has 0 saturated carbocycles. The van der Waals surface area contributed by atoms with Gasteiger partial charge in [-0.05, 0) is 61.4 Å². The Balaban J connectivity index is 1.73. The normalized spacial score (nSPS) is 14.6. The zero-order valence-electron chi connectivity index (χ0n) is 25.2. The maximum absolute atomic E-state index is 13.4. The number of rotatable bonds is 13. The van der Waals surface area contributed by atoms with Gasteiger partial charge in [-0.2, -0.15) is 0 Å². The summed E-state index contributed by atoms with van der Waals surface area (Å²) in [4.78, 5) is 30.7. The molecule has 2 N–H and O–H groups in total. The number of hydrogen-bond acceptors (Lipinski definition) is 6. The number of ether oxygens (including phenoxy) is 2. The lowest BCUT2D eigenvalue weighted by Gasteiger charge is -2.38. The molecular weight excluding hydrogens is 504 g/mol. The molecule has 1 fully saturated rings. The third-order valence-electron chi connectivity index (χ3n) is 7.02. The fourth-order valence-electron chi connectivity index (χ4n) is 5.41. The van der Waals surface area contributed by atoms with Crippen molar-refractivity contribution >= 4 is 28.9 Å². The van der Waals surface area contributed by atoms with E-state index in [0.717, 1.165) is 56.1 Å². The lowest BCUT2D eigenvalue weighted by Crippen LogP contribution is -2.47. The van der Waals surface area contributed by atoms with E-state index < -0.39 is 0 Å². The summed E-state index contributed by atoms with van der Waals surface area (Å²) in [5, 5.41) is 6.07. The first kappa shape index (κ1) is 31.3. The molecule has 0 radical (unpaired) electrons. The van der Waals surface area contributed by atoms with Crippen LogP contribution < -0.4 is 25.2 Å². The smallest absolute Gasteiger partial charge is 0.253 e. The number of para-hydroxylation sites is 2. The second-order valence-electron chi connectivity index (χ2n) is 11.8. The van der Waals surface area contributed by atoms with Gasteiger partial charge in [0.2, 0.25) is 5.91 Å². The molecule has 1 atom stereocenters. The number of methoxy groups -OCH3 is 1. The minimum atomic E-state index is -0.143. The van der Waals surface area contributed by atoms with Crippen LogP contribution in [0.3, 0.4) is 0 Å². The average molecular weight is 553 g/mol. The number of nitrogens with one attached hydrogen (secondary N) is 2. The maximum Gasteiger partial charge on any atom is 0.253 e. The highest BCUT2D eigenvalue weighted by Crippen LogP contribution is 2.31. The lowest BCUT2D eigenvalue weighted by atomic mass is 9.84. The Morgan fingerprint density at radius 1 is 1.00 bits per heavy atom. The van der Waals surface area contributed by atoms with E-state index in [-0.39, 0.29) is 23.1 Å². The Hall–Kier alpha value is -3.26. The number of piperazine rings is 1. The Labute approximate surface area is 240 Å². The van der Waals surface area contributed by atoms with Crippen LogP contribution in [0.2, 0.25) is 0 Å². The van der Waals surface area contributed by atoms with Gasteiger partial charge in [0.1, 0.15) is 5.75 Å². The van der Waals surface area contributed by atoms with Crippen molar-refractivity contribution in [3.8, 4) is 5.75 Å². The second kappa shape index (κ2) is 14.9. The van der Waals surface area contributed by atoms with Crippen LogP contribution in [-0.2, 0) is 9.53 Å². The fourth-order valence-corrected chi connectivity index (χ4v) is 5.41. The Kier molecular flexibility index (Phi) is 11.7. The van der Waals surface area contributed by atoms with Gasteiger partial charge in [0.15, 0.2) is 0 Å². The van der Waals surface area contributed by atoms with Crippen LogP contribution in [0.4, 0.5) is 17.1 Å². The molecule has 2 aromatic carbocycles. The molecule has 1 aliphatic heterocycles. The minimum Gasteiger partial charge on any atom is -0.495 e. The summed E-state index contributed by atoms with van der Waals surface area (Å²) in [6, 6.07) is 13.7. The van der Waals surface area contributed by atoms with Gasteiger partial charge < -0.3 is 29.9 Å². The highest BCUT2D eigenvalue weighted by atomic mass is 16.5. The zero-order valence-corrected chi connectivity index (χ0v) is 25.2. The molecule has 40 heavy (non-hydrogen) atoms. The van der Waals surface area contributed by atoms with Crippen molar-refractivity contribution < 1.29 is 19.1 Å². The van der Waals surface area contributed by atoms with Crippen LogP contribution in [0.5, 0.6) is 5.75 Å². The summed E-state index contributed by atoms with van der Waals surface area (Å²) >= 11 is 0. The minimum absolute atomic E-state index is 0.0296. The molecule has 0 aliphatic carbocycles. The maximum atomic E-state index is 13.4. The molecule has 1 unspecified atom stereocenters. The third-order valence-corrected chi connectivity index (χ3v) is 7.02. The molecule has 1 aliphatic rings. The van der Waals surface area contributed by atoms with E-state index in [4.69, 9.17) is 9.47 Å². The predicted molar refractivity (Wildman–Crippen MR) is 164 cm³/mol. The average Bonchev–Trinajstić information content (AvgIpc) is 2.91. The second-order valence-corrected chi connectivity index (χ2v) is 11.8. The number of benzene rings is 2. The van der Waals surface area contributed by atoms with Gasteiger partial charge in [0.25, 0.3) is 5.91 Å². The van der Waals surface area contributed by atoms with E-state index in [2.05, 4.69) is 54.2 Å². The highest BCUT2D eigenvalue weighted by molar-refractivity contribution is 6.02. The molecule has 1 saturated heterocycles. The number of nitrogens with zero attached hydrogens (tertiary/aromatic N) is 2. The van der Waals surface area contributed by atoms with Gasteiger partial charge in [-0.1, -0.05) is 39.8 Å². The molecule has 0 spiro atoms. The molecule has 0 bridgehead atoms. The topological polar surface area (TPSA) is 83.1 Å². The van der Waals surface area contributed by atoms with Crippen LogP contribution in [0.15, 0.2) is 42.5 Å². The molecule has 1 heterocycles. The zero-order chi connectivity index (χ0) is 29.1. The van der Waals surface area contributed by atoms with Gasteiger partial charge in [-0.15, -0.1) is 0 Å². The van der Waals surface area contributed by atoms with Crippen molar-refractivity contribution in [1.82, 2.24) is 5.32 Å². The van der Waals surface area contributed by atoms with Crippen LogP contribution in [0.25, 0.3) is 0 Å². The first-order chi connectivity index (χ1) is 19.1. The molecule has 2 amide bonds. The lowest BCUT2D eigenvalue weighted by molar-refractivity contribution is -0.117. The highest BCUT2D eigenvalue weighted by Gasteiger charge is 2.24. The number of anilines is 3. The monoisotopic (exact) mass is 552 g/mol. The van der Waals surface area contributed by atoms with Crippen molar-refractivity contribution in [2.24, 2.45) is 11.3 Å². The summed E-state index contributed by atoms with van der Waals surface area (Å²) < 4.78 is 11.0. The quantitative estimate of drug-likeness (QED) is 0.316. The molecule has 220 valence electrons. The van der Waals surface area contributed by atoms with Crippen molar-refractivity contribution in [1.29, 1.82) is 0 Å². The van der Waals surface area contributed by atoms with E-state index in [0.29, 0.717) is 37.4 Å². The van der Waals surface area contributed by atoms with Gasteiger partial charge in [0, 0.05) is 63.7 Å². The SMILES string of the molecule is CCOCCCNC(=O)c1cc(NC(=O)CC(C)CC(C)(C)C)ccc1N1CCN(c2ccccc2OC)CC1. The summed E-state index contributed by atoms with van der Waals surface area (Å²) in [5.74, 6) is 0.959. The molecular formula is C32H48N4O4. The van der Waals surface area contributed by atoms with E-state index >= 15 is 0 Å². The Morgan fingerprint density at radius 2 is 1.68 bits per heavy atom. The van der Waals surface area contributed by atoms with Gasteiger partial charge in [0.05, 0.1) is 18.4 Å². The van der Waals surface area contributed by atoms with Crippen LogP contribution in [0.1, 0.15) is 64.2 Å². The van der Waals surface area contributed by atoms with Crippen molar-refractivity contribution in [2.75, 3.05) is 68.2 Å². The molecule has 8 heteroatoms. The molecule has 3 rings (SSSR count). The van der Waals surface area contributed by atoms with E-state index in [1.165, 1.54) is 0 Å². The summed E-state index contributed by atoms with van der Waals surface area (Å²) in [5.41, 5.74) is 3.34. The van der Waals surface area contributed by atoms with Crippen molar-refractivity contribution in [3.05, 3.63) is 48.0 Å². The van der Waals surface area contributed by atoms with Crippen molar-refractivity contribution in [2.45, 2.75) is 53.9 Å². The van der Waals surface area contributed by atoms with Crippen molar-refractivity contribution in [3.63, 3.8) is 0 Å². The summed E-state index contributed by atoms with van der Waals surface area (Å²) in [6.45, 7) is 15.6. The Bertz CT molecular complexity index is 1110. The Morgan fingerprint density at radius 3 is 2.33 bits per heavy atom. The number of carbonyl (C=O) groups excluding carboxylic acids is 2. The molecule has 8 nitrogen and oxygen atoms in total. The van der Waals surface area contributed by atoms with E-state index in [1.807, 2.05) is 43.3 Å². The molecule has 2 aromatic rings. The van der Waals surface area contributed by atoms with E-state index in [9.17, 15) is 9.59 Å². The largest absolute Gasteiger partial charge is 0.495 e. The van der Waals surface area contributed by atoms with Crippen LogP contribution in [-0.4, -0.2) is 64.9 Å². The number of hydrogen-bond donors (Lipinski definition) is 2. The number of amides is 2.